The molecule has 2 aliphatic rings. The van der Waals surface area contributed by atoms with E-state index >= 15 is 0 Å². The summed E-state index contributed by atoms with van der Waals surface area (Å²) in [5.41, 5.74) is 0. The van der Waals surface area contributed by atoms with Crippen LogP contribution in [0.4, 0.5) is 0 Å². The minimum atomic E-state index is -0.374. The Bertz CT molecular complexity index is 378. The number of carbonyl (C=O) groups excluding carboxylic acids is 1. The van der Waals surface area contributed by atoms with Crippen molar-refractivity contribution in [2.45, 2.75) is 90.1 Å². The molecule has 1 aliphatic carbocycles. The van der Waals surface area contributed by atoms with Crippen molar-refractivity contribution in [3.8, 4) is 0 Å². The van der Waals surface area contributed by atoms with E-state index in [2.05, 4.69) is 26.1 Å². The number of hydrogen-bond donors (Lipinski definition) is 1. The zero-order valence-corrected chi connectivity index (χ0v) is 15.6. The first-order valence-electron chi connectivity index (χ1n) is 9.69. The predicted octanol–water partition coefficient (Wildman–Crippen LogP) is 3.41. The Hall–Kier alpha value is -0.650. The average Bonchev–Trinajstić information content (AvgIpc) is 2.76. The highest BCUT2D eigenvalue weighted by Gasteiger charge is 2.41. The summed E-state index contributed by atoms with van der Waals surface area (Å²) < 4.78 is 17.8. The molecule has 1 aliphatic heterocycles. The number of carbonyl (C=O) groups is 1. The monoisotopic (exact) mass is 341 g/mol. The molecule has 0 aromatic rings. The van der Waals surface area contributed by atoms with Gasteiger partial charge >= 0.3 is 0 Å². The zero-order chi connectivity index (χ0) is 17.4. The van der Waals surface area contributed by atoms with E-state index in [0.717, 1.165) is 19.3 Å². The molecule has 2 fully saturated rings. The normalized spacial score (nSPS) is 24.9. The predicted molar refractivity (Wildman–Crippen MR) is 93.8 cm³/mol. The van der Waals surface area contributed by atoms with Gasteiger partial charge in [0.05, 0.1) is 19.3 Å². The van der Waals surface area contributed by atoms with Crippen molar-refractivity contribution in [1.29, 1.82) is 0 Å². The fourth-order valence-electron chi connectivity index (χ4n) is 3.65. The summed E-state index contributed by atoms with van der Waals surface area (Å²) in [5.74, 6) is 0.267. The Balaban J connectivity index is 1.59. The van der Waals surface area contributed by atoms with Crippen molar-refractivity contribution >= 4 is 5.91 Å². The van der Waals surface area contributed by atoms with Crippen LogP contribution in [0, 0.1) is 5.92 Å². The molecule has 0 aromatic carbocycles. The number of hydrogen-bond acceptors (Lipinski definition) is 4. The van der Waals surface area contributed by atoms with E-state index in [0.29, 0.717) is 32.1 Å². The van der Waals surface area contributed by atoms with Crippen molar-refractivity contribution in [2.24, 2.45) is 5.92 Å². The van der Waals surface area contributed by atoms with Crippen LogP contribution < -0.4 is 5.32 Å². The van der Waals surface area contributed by atoms with E-state index in [4.69, 9.17) is 14.2 Å². The van der Waals surface area contributed by atoms with Crippen molar-refractivity contribution in [3.05, 3.63) is 0 Å². The van der Waals surface area contributed by atoms with E-state index in [1.165, 1.54) is 25.7 Å². The Kier molecular flexibility index (Phi) is 7.98. The van der Waals surface area contributed by atoms with E-state index in [1.54, 1.807) is 0 Å². The molecular weight excluding hydrogens is 306 g/mol. The third-order valence-corrected chi connectivity index (χ3v) is 4.84. The lowest BCUT2D eigenvalue weighted by atomic mass is 10.1. The molecule has 1 heterocycles. The first-order valence-corrected chi connectivity index (χ1v) is 9.69. The number of rotatable bonds is 8. The van der Waals surface area contributed by atoms with Crippen LogP contribution in [0.3, 0.4) is 0 Å². The zero-order valence-electron chi connectivity index (χ0n) is 15.6. The summed E-state index contributed by atoms with van der Waals surface area (Å²) in [6, 6.07) is 0. The largest absolute Gasteiger partial charge is 0.378 e. The molecule has 2 rings (SSSR count). The van der Waals surface area contributed by atoms with Crippen LogP contribution in [0.2, 0.25) is 0 Å². The van der Waals surface area contributed by atoms with Gasteiger partial charge in [-0.15, -0.1) is 0 Å². The molecule has 1 saturated carbocycles. The lowest BCUT2D eigenvalue weighted by molar-refractivity contribution is -0.175. The molecule has 5 nitrogen and oxygen atoms in total. The molecule has 5 heteroatoms. The maximum Gasteiger partial charge on any atom is 0.222 e. The van der Waals surface area contributed by atoms with Gasteiger partial charge in [-0.05, 0) is 32.1 Å². The van der Waals surface area contributed by atoms with Crippen LogP contribution in [0.1, 0.15) is 72.1 Å². The fraction of sp³-hybridized carbons (Fsp3) is 0.947. The lowest BCUT2D eigenvalue weighted by Gasteiger charge is -2.26. The first-order chi connectivity index (χ1) is 11.5. The Labute approximate surface area is 146 Å². The fourth-order valence-corrected chi connectivity index (χ4v) is 3.65. The minimum absolute atomic E-state index is 0.0205. The molecule has 1 spiro atoms. The second kappa shape index (κ2) is 9.73. The van der Waals surface area contributed by atoms with Gasteiger partial charge in [0.2, 0.25) is 5.91 Å². The van der Waals surface area contributed by atoms with E-state index in [1.807, 2.05) is 0 Å². The maximum atomic E-state index is 11.9. The summed E-state index contributed by atoms with van der Waals surface area (Å²) in [6.45, 7) is 8.01. The van der Waals surface area contributed by atoms with Crippen LogP contribution in [0.15, 0.2) is 0 Å². The Morgan fingerprint density at radius 2 is 1.92 bits per heavy atom. The minimum Gasteiger partial charge on any atom is -0.378 e. The Morgan fingerprint density at radius 3 is 2.58 bits per heavy atom. The van der Waals surface area contributed by atoms with Crippen molar-refractivity contribution in [3.63, 3.8) is 0 Å². The highest BCUT2D eigenvalue weighted by Crippen LogP contribution is 2.36. The Morgan fingerprint density at radius 1 is 1.21 bits per heavy atom. The van der Waals surface area contributed by atoms with Crippen LogP contribution >= 0.6 is 0 Å². The van der Waals surface area contributed by atoms with Crippen LogP contribution in [0.5, 0.6) is 0 Å². The second-order valence-corrected chi connectivity index (χ2v) is 7.74. The van der Waals surface area contributed by atoms with Gasteiger partial charge in [-0.3, -0.25) is 4.79 Å². The third-order valence-electron chi connectivity index (χ3n) is 4.84. The molecule has 2 atom stereocenters. The topological polar surface area (TPSA) is 56.8 Å². The van der Waals surface area contributed by atoms with Crippen molar-refractivity contribution < 1.29 is 19.0 Å². The van der Waals surface area contributed by atoms with Gasteiger partial charge in [-0.2, -0.15) is 0 Å². The molecule has 1 amide bonds. The average molecular weight is 341 g/mol. The number of ether oxygens (including phenoxy) is 3. The van der Waals surface area contributed by atoms with E-state index in [-0.39, 0.29) is 23.9 Å². The molecule has 1 N–H and O–H groups in total. The van der Waals surface area contributed by atoms with Crippen LogP contribution in [-0.4, -0.2) is 43.7 Å². The summed E-state index contributed by atoms with van der Waals surface area (Å²) in [7, 11) is 0. The quantitative estimate of drug-likeness (QED) is 0.735. The van der Waals surface area contributed by atoms with Crippen molar-refractivity contribution in [1.82, 2.24) is 5.32 Å². The molecular formula is C19H35NO4. The van der Waals surface area contributed by atoms with Crippen molar-refractivity contribution in [2.75, 3.05) is 19.8 Å². The highest BCUT2D eigenvalue weighted by atomic mass is 16.7. The van der Waals surface area contributed by atoms with E-state index in [9.17, 15) is 4.79 Å². The van der Waals surface area contributed by atoms with Gasteiger partial charge in [-0.1, -0.05) is 26.7 Å². The highest BCUT2D eigenvalue weighted by molar-refractivity contribution is 5.75. The maximum absolute atomic E-state index is 11.9. The molecule has 24 heavy (non-hydrogen) atoms. The van der Waals surface area contributed by atoms with Crippen LogP contribution in [0.25, 0.3) is 0 Å². The number of nitrogens with one attached hydrogen (secondary N) is 1. The molecule has 140 valence electrons. The van der Waals surface area contributed by atoms with Gasteiger partial charge in [-0.25, -0.2) is 0 Å². The van der Waals surface area contributed by atoms with E-state index < -0.39 is 0 Å². The molecule has 0 aromatic heterocycles. The summed E-state index contributed by atoms with van der Waals surface area (Å²) in [5, 5.41) is 2.95. The first kappa shape index (κ1) is 19.7. The van der Waals surface area contributed by atoms with Crippen LogP contribution in [-0.2, 0) is 19.0 Å². The number of amides is 1. The van der Waals surface area contributed by atoms with Gasteiger partial charge in [0.1, 0.15) is 6.10 Å². The molecule has 0 unspecified atom stereocenters. The summed E-state index contributed by atoms with van der Waals surface area (Å²) >= 11 is 0. The smallest absolute Gasteiger partial charge is 0.222 e. The second-order valence-electron chi connectivity index (χ2n) is 7.74. The van der Waals surface area contributed by atoms with Gasteiger partial charge in [0.15, 0.2) is 5.79 Å². The van der Waals surface area contributed by atoms with Gasteiger partial charge in [0.25, 0.3) is 0 Å². The SMILES string of the molecule is CC(C)C[C@H](C)OCCC(=O)NC[C@H]1COC2(CCCCCC2)O1. The van der Waals surface area contributed by atoms with Gasteiger partial charge in [0, 0.05) is 25.8 Å². The molecule has 1 saturated heterocycles. The standard InChI is InChI=1S/C19H35NO4/c1-15(2)12-16(3)22-11-8-18(21)20-13-17-14-23-19(24-17)9-6-4-5-7-10-19/h15-17H,4-14H2,1-3H3,(H,20,21)/t16-,17-/m0/s1. The summed E-state index contributed by atoms with van der Waals surface area (Å²) in [6.07, 6.45) is 8.47. The summed E-state index contributed by atoms with van der Waals surface area (Å²) in [4.78, 5) is 11.9. The lowest BCUT2D eigenvalue weighted by Crippen LogP contribution is -2.36. The third kappa shape index (κ3) is 6.69. The van der Waals surface area contributed by atoms with Gasteiger partial charge < -0.3 is 19.5 Å². The molecule has 0 radical (unpaired) electrons. The molecule has 0 bridgehead atoms.